The van der Waals surface area contributed by atoms with Crippen molar-refractivity contribution in [2.75, 3.05) is 26.9 Å². The first kappa shape index (κ1) is 19.8. The second kappa shape index (κ2) is 10.6. The van der Waals surface area contributed by atoms with Crippen LogP contribution in [0.5, 0.6) is 5.75 Å². The summed E-state index contributed by atoms with van der Waals surface area (Å²) in [6.45, 7) is 2.94. The van der Waals surface area contributed by atoms with Crippen molar-refractivity contribution in [3.05, 3.63) is 29.8 Å². The number of nitrogens with zero attached hydrogens (tertiary/aromatic N) is 1. The lowest BCUT2D eigenvalue weighted by Crippen LogP contribution is -2.40. The molecule has 5 nitrogen and oxygen atoms in total. The number of ether oxygens (including phenoxy) is 2. The Kier molecular flexibility index (Phi) is 9.97. The molecule has 0 aliphatic rings. The van der Waals surface area contributed by atoms with Crippen molar-refractivity contribution in [1.29, 1.82) is 0 Å². The maximum absolute atomic E-state index is 12.9. The van der Waals surface area contributed by atoms with Gasteiger partial charge in [0.2, 0.25) is 0 Å². The van der Waals surface area contributed by atoms with Crippen molar-refractivity contribution in [3.63, 3.8) is 0 Å². The normalized spacial score (nSPS) is 12.5. The van der Waals surface area contributed by atoms with Crippen molar-refractivity contribution in [3.8, 4) is 5.75 Å². The molecule has 1 unspecified atom stereocenters. The largest absolute Gasteiger partial charge is 0.492 e. The van der Waals surface area contributed by atoms with E-state index in [1.54, 1.807) is 7.11 Å². The maximum atomic E-state index is 12.9. The fourth-order valence-corrected chi connectivity index (χ4v) is 1.49. The van der Waals surface area contributed by atoms with E-state index in [0.29, 0.717) is 13.2 Å². The van der Waals surface area contributed by atoms with Crippen molar-refractivity contribution in [2.45, 2.75) is 13.0 Å². The van der Waals surface area contributed by atoms with Gasteiger partial charge in [0.1, 0.15) is 12.4 Å². The Morgan fingerprint density at radius 3 is 2.71 bits per heavy atom. The van der Waals surface area contributed by atoms with Crippen LogP contribution >= 0.6 is 24.0 Å². The molecule has 0 amide bonds. The zero-order valence-corrected chi connectivity index (χ0v) is 14.3. The minimum Gasteiger partial charge on any atom is -0.492 e. The van der Waals surface area contributed by atoms with Gasteiger partial charge in [-0.25, -0.2) is 13.8 Å². The van der Waals surface area contributed by atoms with E-state index in [2.05, 4.69) is 10.3 Å². The van der Waals surface area contributed by atoms with Gasteiger partial charge in [-0.2, -0.15) is 0 Å². The monoisotopic (exact) mass is 415 g/mol. The molecule has 0 aromatic heterocycles. The molecule has 0 fully saturated rings. The van der Waals surface area contributed by atoms with Gasteiger partial charge in [0.05, 0.1) is 13.2 Å². The minimum absolute atomic E-state index is 0. The molecule has 0 saturated heterocycles. The lowest BCUT2D eigenvalue weighted by Gasteiger charge is -2.13. The predicted molar refractivity (Wildman–Crippen MR) is 88.2 cm³/mol. The molecule has 0 bridgehead atoms. The highest BCUT2D eigenvalue weighted by Crippen LogP contribution is 2.14. The van der Waals surface area contributed by atoms with Crippen molar-refractivity contribution < 1.29 is 18.3 Å². The van der Waals surface area contributed by atoms with Gasteiger partial charge >= 0.3 is 0 Å². The van der Waals surface area contributed by atoms with Gasteiger partial charge in [-0.3, -0.25) is 0 Å². The number of benzene rings is 1. The molecule has 3 N–H and O–H groups in total. The summed E-state index contributed by atoms with van der Waals surface area (Å²) in [6, 6.07) is 3.40. The number of rotatable bonds is 7. The molecule has 0 heterocycles. The molecule has 21 heavy (non-hydrogen) atoms. The zero-order chi connectivity index (χ0) is 15.0. The van der Waals surface area contributed by atoms with Gasteiger partial charge in [-0.15, -0.1) is 24.0 Å². The van der Waals surface area contributed by atoms with E-state index in [4.69, 9.17) is 15.2 Å². The molecule has 0 aliphatic heterocycles. The van der Waals surface area contributed by atoms with E-state index < -0.39 is 11.6 Å². The van der Waals surface area contributed by atoms with Crippen molar-refractivity contribution >= 4 is 29.9 Å². The Balaban J connectivity index is 0.00000400. The number of hydrogen-bond donors (Lipinski definition) is 2. The Morgan fingerprint density at radius 1 is 1.38 bits per heavy atom. The molecule has 0 saturated carbocycles. The number of nitrogens with two attached hydrogens (primary N) is 1. The lowest BCUT2D eigenvalue weighted by atomic mass is 10.3. The Hall–Kier alpha value is -1.16. The highest BCUT2D eigenvalue weighted by molar-refractivity contribution is 14.0. The van der Waals surface area contributed by atoms with Crippen LogP contribution in [-0.2, 0) is 4.74 Å². The van der Waals surface area contributed by atoms with Crippen molar-refractivity contribution in [1.82, 2.24) is 5.32 Å². The summed E-state index contributed by atoms with van der Waals surface area (Å²) in [5.74, 6) is -1.32. The molecule has 0 spiro atoms. The smallest absolute Gasteiger partial charge is 0.188 e. The third-order valence-corrected chi connectivity index (χ3v) is 2.34. The summed E-state index contributed by atoms with van der Waals surface area (Å²) in [4.78, 5) is 4.04. The third-order valence-electron chi connectivity index (χ3n) is 2.34. The number of hydrogen-bond acceptors (Lipinski definition) is 3. The van der Waals surface area contributed by atoms with Crippen LogP contribution in [0.1, 0.15) is 6.92 Å². The molecule has 1 aromatic rings. The highest BCUT2D eigenvalue weighted by atomic mass is 127. The average molecular weight is 415 g/mol. The molecule has 1 rings (SSSR count). The summed E-state index contributed by atoms with van der Waals surface area (Å²) >= 11 is 0. The van der Waals surface area contributed by atoms with E-state index in [0.717, 1.165) is 12.1 Å². The van der Waals surface area contributed by atoms with E-state index in [-0.39, 0.29) is 48.3 Å². The van der Waals surface area contributed by atoms with Crippen LogP contribution < -0.4 is 15.8 Å². The highest BCUT2D eigenvalue weighted by Gasteiger charge is 2.03. The van der Waals surface area contributed by atoms with Gasteiger partial charge in [0.25, 0.3) is 0 Å². The number of halogens is 3. The van der Waals surface area contributed by atoms with Gasteiger partial charge in [-0.1, -0.05) is 0 Å². The molecule has 8 heteroatoms. The van der Waals surface area contributed by atoms with E-state index >= 15 is 0 Å². The molecule has 0 aliphatic carbocycles. The maximum Gasteiger partial charge on any atom is 0.188 e. The lowest BCUT2D eigenvalue weighted by molar-refractivity contribution is 0.179. The van der Waals surface area contributed by atoms with E-state index in [1.165, 1.54) is 6.07 Å². The fraction of sp³-hybridized carbons (Fsp3) is 0.462. The van der Waals surface area contributed by atoms with Crippen LogP contribution in [0.4, 0.5) is 8.78 Å². The van der Waals surface area contributed by atoms with Crippen LogP contribution in [0.2, 0.25) is 0 Å². The summed E-state index contributed by atoms with van der Waals surface area (Å²) in [5, 5.41) is 2.93. The van der Waals surface area contributed by atoms with Crippen LogP contribution in [0.15, 0.2) is 23.2 Å². The Morgan fingerprint density at radius 2 is 2.10 bits per heavy atom. The van der Waals surface area contributed by atoms with E-state index in [1.807, 2.05) is 6.92 Å². The molecule has 0 radical (unpaired) electrons. The molecule has 1 aromatic carbocycles. The SMILES string of the molecule is COCC(C)NC(N)=NCCOc1ccc(F)c(F)c1.I. The summed E-state index contributed by atoms with van der Waals surface area (Å²) in [6.07, 6.45) is 0. The third kappa shape index (κ3) is 8.00. The predicted octanol–water partition coefficient (Wildman–Crippen LogP) is 1.90. The van der Waals surface area contributed by atoms with Gasteiger partial charge in [0, 0.05) is 19.2 Å². The molecule has 120 valence electrons. The topological polar surface area (TPSA) is 68.9 Å². The van der Waals surface area contributed by atoms with E-state index in [9.17, 15) is 8.78 Å². The molecule has 1 atom stereocenters. The fourth-order valence-electron chi connectivity index (χ4n) is 1.49. The summed E-state index contributed by atoms with van der Waals surface area (Å²) in [5.41, 5.74) is 5.65. The first-order chi connectivity index (χ1) is 9.52. The molecular weight excluding hydrogens is 395 g/mol. The minimum atomic E-state index is -0.944. The van der Waals surface area contributed by atoms with Gasteiger partial charge < -0.3 is 20.5 Å². The van der Waals surface area contributed by atoms with Crippen LogP contribution in [0.3, 0.4) is 0 Å². The van der Waals surface area contributed by atoms with Crippen LogP contribution in [0.25, 0.3) is 0 Å². The van der Waals surface area contributed by atoms with Crippen LogP contribution in [0, 0.1) is 11.6 Å². The first-order valence-electron chi connectivity index (χ1n) is 6.16. The number of aliphatic imine (C=N–C) groups is 1. The number of guanidine groups is 1. The Labute approximate surface area is 139 Å². The second-order valence-corrected chi connectivity index (χ2v) is 4.19. The number of nitrogens with one attached hydrogen (secondary N) is 1. The molecular formula is C13H20F2IN3O2. The van der Waals surface area contributed by atoms with Crippen LogP contribution in [-0.4, -0.2) is 38.9 Å². The van der Waals surface area contributed by atoms with Gasteiger partial charge in [-0.05, 0) is 19.1 Å². The zero-order valence-electron chi connectivity index (χ0n) is 11.9. The summed E-state index contributed by atoms with van der Waals surface area (Å²) < 4.78 is 35.8. The quantitative estimate of drug-likeness (QED) is 0.309. The number of methoxy groups -OCH3 is 1. The van der Waals surface area contributed by atoms with Gasteiger partial charge in [0.15, 0.2) is 17.6 Å². The Bertz CT molecular complexity index is 461. The average Bonchev–Trinajstić information content (AvgIpc) is 2.39. The van der Waals surface area contributed by atoms with Crippen molar-refractivity contribution in [2.24, 2.45) is 10.7 Å². The standard InChI is InChI=1S/C13H19F2N3O2.HI/c1-9(8-19-2)18-13(16)17-5-6-20-10-3-4-11(14)12(15)7-10;/h3-4,7,9H,5-6,8H2,1-2H3,(H3,16,17,18);1H. The first-order valence-corrected chi connectivity index (χ1v) is 6.16. The summed E-state index contributed by atoms with van der Waals surface area (Å²) in [7, 11) is 1.60. The second-order valence-electron chi connectivity index (χ2n) is 4.19.